The van der Waals surface area contributed by atoms with Gasteiger partial charge in [0.05, 0.1) is 13.7 Å². The SMILES string of the molecule is COC(=O)[C@H](CO)NC(=O)c1nc2oc1C13c4ccccc4N[C@H]1Oc1ccc(cc13)CC(CC(=O)[C@@H](O)C(C)C)C(=O)N[C@H]2C(C)C. The molecule has 3 aliphatic heterocycles. The summed E-state index contributed by atoms with van der Waals surface area (Å²) in [4.78, 5) is 58.2. The van der Waals surface area contributed by atoms with E-state index < -0.39 is 65.9 Å². The van der Waals surface area contributed by atoms with Crippen LogP contribution in [0.25, 0.3) is 0 Å². The number of aromatic nitrogens is 1. The Labute approximate surface area is 277 Å². The van der Waals surface area contributed by atoms with Gasteiger partial charge in [0.1, 0.15) is 23.3 Å². The molecule has 13 nitrogen and oxygen atoms in total. The Morgan fingerprint density at radius 1 is 1.10 bits per heavy atom. The zero-order valence-electron chi connectivity index (χ0n) is 27.4. The first-order valence-corrected chi connectivity index (χ1v) is 16.1. The highest BCUT2D eigenvalue weighted by molar-refractivity contribution is 5.97. The van der Waals surface area contributed by atoms with E-state index in [9.17, 15) is 29.4 Å². The number of fused-ring (bicyclic) bond motifs is 4. The van der Waals surface area contributed by atoms with Gasteiger partial charge in [0, 0.05) is 23.6 Å². The maximum absolute atomic E-state index is 14.1. The van der Waals surface area contributed by atoms with Crippen molar-refractivity contribution in [2.45, 2.75) is 70.4 Å². The fourth-order valence-electron chi connectivity index (χ4n) is 6.85. The molecule has 0 fully saturated rings. The van der Waals surface area contributed by atoms with E-state index in [0.29, 0.717) is 11.3 Å². The number of rotatable bonds is 9. The molecular formula is C35H40N4O9. The number of hydrogen-bond donors (Lipinski definition) is 5. The van der Waals surface area contributed by atoms with E-state index >= 15 is 0 Å². The minimum Gasteiger partial charge on any atom is -0.469 e. The van der Waals surface area contributed by atoms with Crippen molar-refractivity contribution in [3.8, 4) is 5.75 Å². The smallest absolute Gasteiger partial charge is 0.330 e. The number of methoxy groups -OCH3 is 1. The maximum atomic E-state index is 14.1. The molecule has 4 bridgehead atoms. The number of Topliss-reactive ketones (excluding diaryl/α,β-unsaturated/α-hetero) is 1. The highest BCUT2D eigenvalue weighted by atomic mass is 16.5. The van der Waals surface area contributed by atoms with Gasteiger partial charge in [0.25, 0.3) is 5.91 Å². The van der Waals surface area contributed by atoms with Gasteiger partial charge >= 0.3 is 5.97 Å². The van der Waals surface area contributed by atoms with Crippen LogP contribution >= 0.6 is 0 Å². The number of aliphatic hydroxyl groups excluding tert-OH is 2. The van der Waals surface area contributed by atoms with Gasteiger partial charge in [-0.05, 0) is 41.5 Å². The number of nitrogens with zero attached hydrogens (tertiary/aromatic N) is 1. The summed E-state index contributed by atoms with van der Waals surface area (Å²) in [6, 6.07) is 10.8. The van der Waals surface area contributed by atoms with E-state index in [4.69, 9.17) is 13.9 Å². The molecule has 3 aromatic rings. The molecule has 0 radical (unpaired) electrons. The summed E-state index contributed by atoms with van der Waals surface area (Å²) >= 11 is 0. The molecule has 48 heavy (non-hydrogen) atoms. The molecule has 5 N–H and O–H groups in total. The Balaban J connectivity index is 1.58. The number of amides is 2. The molecule has 1 aromatic heterocycles. The molecule has 2 aromatic carbocycles. The van der Waals surface area contributed by atoms with Crippen LogP contribution < -0.4 is 20.7 Å². The molecule has 6 atom stereocenters. The first-order chi connectivity index (χ1) is 22.9. The minimum atomic E-state index is -1.38. The number of ether oxygens (including phenoxy) is 2. The molecule has 0 aliphatic carbocycles. The second-order valence-electron chi connectivity index (χ2n) is 13.3. The van der Waals surface area contributed by atoms with Crippen molar-refractivity contribution >= 4 is 29.3 Å². The lowest BCUT2D eigenvalue weighted by Gasteiger charge is -2.29. The number of carbonyl (C=O) groups is 4. The van der Waals surface area contributed by atoms with E-state index in [1.165, 1.54) is 0 Å². The van der Waals surface area contributed by atoms with Crippen molar-refractivity contribution in [1.29, 1.82) is 0 Å². The number of nitrogens with one attached hydrogen (secondary N) is 3. The topological polar surface area (TPSA) is 189 Å². The van der Waals surface area contributed by atoms with Gasteiger partial charge in [-0.15, -0.1) is 0 Å². The van der Waals surface area contributed by atoms with Crippen LogP contribution in [0, 0.1) is 17.8 Å². The van der Waals surface area contributed by atoms with Crippen LogP contribution in [-0.2, 0) is 31.0 Å². The molecular weight excluding hydrogens is 620 g/mol. The van der Waals surface area contributed by atoms with Gasteiger partial charge < -0.3 is 40.1 Å². The number of esters is 1. The third-order valence-electron chi connectivity index (χ3n) is 9.43. The Kier molecular flexibility index (Phi) is 8.77. The summed E-state index contributed by atoms with van der Waals surface area (Å²) in [5.74, 6) is -3.29. The third kappa shape index (κ3) is 5.40. The van der Waals surface area contributed by atoms with Crippen molar-refractivity contribution in [2.75, 3.05) is 19.0 Å². The number of benzene rings is 2. The molecule has 2 amide bonds. The molecule has 2 unspecified atom stereocenters. The number of oxazole rings is 1. The zero-order chi connectivity index (χ0) is 34.5. The van der Waals surface area contributed by atoms with E-state index in [2.05, 4.69) is 20.9 Å². The molecule has 6 rings (SSSR count). The highest BCUT2D eigenvalue weighted by Crippen LogP contribution is 2.58. The number of para-hydroxylation sites is 1. The van der Waals surface area contributed by atoms with Gasteiger partial charge in [0.15, 0.2) is 29.5 Å². The van der Waals surface area contributed by atoms with Crippen LogP contribution in [0.5, 0.6) is 5.75 Å². The van der Waals surface area contributed by atoms with Crippen LogP contribution in [0.1, 0.15) is 79.0 Å². The quantitative estimate of drug-likeness (QED) is 0.212. The van der Waals surface area contributed by atoms with E-state index in [-0.39, 0.29) is 42.0 Å². The molecule has 0 saturated heterocycles. The van der Waals surface area contributed by atoms with Crippen molar-refractivity contribution in [3.05, 3.63) is 76.5 Å². The van der Waals surface area contributed by atoms with E-state index in [0.717, 1.165) is 23.9 Å². The van der Waals surface area contributed by atoms with Crippen LogP contribution in [0.3, 0.4) is 0 Å². The predicted octanol–water partition coefficient (Wildman–Crippen LogP) is 2.38. The van der Waals surface area contributed by atoms with Gasteiger partial charge in [-0.1, -0.05) is 58.0 Å². The maximum Gasteiger partial charge on any atom is 0.330 e. The predicted molar refractivity (Wildman–Crippen MR) is 171 cm³/mol. The number of aliphatic hydroxyl groups is 2. The highest BCUT2D eigenvalue weighted by Gasteiger charge is 2.61. The molecule has 3 aliphatic rings. The van der Waals surface area contributed by atoms with E-state index in [1.807, 2.05) is 50.2 Å². The summed E-state index contributed by atoms with van der Waals surface area (Å²) in [6.07, 6.45) is -1.99. The number of ketones is 1. The van der Waals surface area contributed by atoms with Crippen molar-refractivity contribution in [2.24, 2.45) is 17.8 Å². The lowest BCUT2D eigenvalue weighted by Crippen LogP contribution is -2.46. The van der Waals surface area contributed by atoms with Crippen molar-refractivity contribution in [3.63, 3.8) is 0 Å². The van der Waals surface area contributed by atoms with Crippen LogP contribution in [0.4, 0.5) is 5.69 Å². The lowest BCUT2D eigenvalue weighted by molar-refractivity contribution is -0.143. The molecule has 254 valence electrons. The molecule has 1 spiro atoms. The second kappa shape index (κ2) is 12.7. The summed E-state index contributed by atoms with van der Waals surface area (Å²) in [7, 11) is 1.15. The zero-order valence-corrected chi connectivity index (χ0v) is 27.4. The molecule has 4 heterocycles. The number of hydrogen-bond acceptors (Lipinski definition) is 11. The number of carbonyl (C=O) groups excluding carboxylic acids is 4. The minimum absolute atomic E-state index is 0.0343. The van der Waals surface area contributed by atoms with Crippen LogP contribution in [0.15, 0.2) is 46.9 Å². The summed E-state index contributed by atoms with van der Waals surface area (Å²) in [5, 5.41) is 29.4. The molecule has 13 heteroatoms. The van der Waals surface area contributed by atoms with Crippen LogP contribution in [0.2, 0.25) is 0 Å². The number of anilines is 1. The van der Waals surface area contributed by atoms with E-state index in [1.54, 1.807) is 19.9 Å². The fraction of sp³-hybridized carbons (Fsp3) is 0.457. The van der Waals surface area contributed by atoms with Crippen molar-refractivity contribution in [1.82, 2.24) is 15.6 Å². The average molecular weight is 661 g/mol. The first-order valence-electron chi connectivity index (χ1n) is 16.1. The Morgan fingerprint density at radius 3 is 2.54 bits per heavy atom. The van der Waals surface area contributed by atoms with Crippen molar-refractivity contribution < 1.29 is 43.3 Å². The largest absolute Gasteiger partial charge is 0.469 e. The average Bonchev–Trinajstić information content (AvgIpc) is 3.73. The Hall–Kier alpha value is -4.75. The second-order valence-corrected chi connectivity index (χ2v) is 13.3. The Morgan fingerprint density at radius 2 is 1.85 bits per heavy atom. The first kappa shape index (κ1) is 33.2. The lowest BCUT2D eigenvalue weighted by atomic mass is 9.72. The normalized spacial score (nSPS) is 23.4. The standard InChI is InChI=1S/C35H40N4O9/c1-16(2)26-32-39-27(31(44)36-23(15-40)33(45)46-5)29(48-32)35-20-8-6-7-9-22(20)37-34(35)47-25-11-10-18(13-21(25)35)12-19(30(43)38-26)14-24(41)28(42)17(3)4/h6-11,13,16-17,19,23,26,28,34,37,40,42H,12,14-15H2,1-5H3,(H,36,44)(H,38,43)/t19?,23-,26-,28-,34-,35?/m0/s1. The third-order valence-corrected chi connectivity index (χ3v) is 9.43. The monoisotopic (exact) mass is 660 g/mol. The summed E-state index contributed by atoms with van der Waals surface area (Å²) in [5.41, 5.74) is 1.47. The van der Waals surface area contributed by atoms with Gasteiger partial charge in [-0.25, -0.2) is 9.78 Å². The fourth-order valence-corrected chi connectivity index (χ4v) is 6.85. The van der Waals surface area contributed by atoms with Gasteiger partial charge in [-0.3, -0.25) is 14.4 Å². The van der Waals surface area contributed by atoms with Gasteiger partial charge in [-0.2, -0.15) is 0 Å². The Bertz CT molecular complexity index is 1770. The van der Waals surface area contributed by atoms with Gasteiger partial charge in [0.2, 0.25) is 11.8 Å². The van der Waals surface area contributed by atoms with Crippen LogP contribution in [-0.4, -0.2) is 70.9 Å². The summed E-state index contributed by atoms with van der Waals surface area (Å²) in [6.45, 7) is 6.47. The summed E-state index contributed by atoms with van der Waals surface area (Å²) < 4.78 is 17.9. The molecule has 0 saturated carbocycles.